The molecule has 0 saturated carbocycles. The summed E-state index contributed by atoms with van der Waals surface area (Å²) in [5.74, 6) is 0. The van der Waals surface area contributed by atoms with Crippen LogP contribution >= 0.6 is 0 Å². The molecular formula is C10H21NO. The third-order valence-electron chi connectivity index (χ3n) is 1.77. The second-order valence-electron chi connectivity index (χ2n) is 3.46. The van der Waals surface area contributed by atoms with E-state index in [1.165, 1.54) is 5.57 Å². The Morgan fingerprint density at radius 1 is 1.50 bits per heavy atom. The summed E-state index contributed by atoms with van der Waals surface area (Å²) in [6, 6.07) is 0.507. The van der Waals surface area contributed by atoms with Crippen LogP contribution in [0.15, 0.2) is 11.6 Å². The van der Waals surface area contributed by atoms with Gasteiger partial charge in [0.2, 0.25) is 0 Å². The Morgan fingerprint density at radius 2 is 2.17 bits per heavy atom. The lowest BCUT2D eigenvalue weighted by molar-refractivity contribution is 0.277. The molecule has 2 heteroatoms. The Bertz CT molecular complexity index is 128. The molecule has 0 heterocycles. The van der Waals surface area contributed by atoms with Crippen LogP contribution in [0.2, 0.25) is 0 Å². The molecule has 0 aromatic rings. The van der Waals surface area contributed by atoms with E-state index in [0.717, 1.165) is 19.4 Å². The molecule has 0 aliphatic rings. The zero-order valence-corrected chi connectivity index (χ0v) is 8.43. The maximum atomic E-state index is 8.59. The Balaban J connectivity index is 3.31. The van der Waals surface area contributed by atoms with E-state index in [1.807, 2.05) is 0 Å². The van der Waals surface area contributed by atoms with Gasteiger partial charge in [-0.25, -0.2) is 0 Å². The van der Waals surface area contributed by atoms with Crippen LogP contribution in [0.4, 0.5) is 0 Å². The highest BCUT2D eigenvalue weighted by atomic mass is 16.2. The highest BCUT2D eigenvalue weighted by Crippen LogP contribution is 1.95. The van der Waals surface area contributed by atoms with Crippen molar-refractivity contribution in [1.29, 1.82) is 0 Å². The van der Waals surface area contributed by atoms with E-state index in [9.17, 15) is 0 Å². The summed E-state index contributed by atoms with van der Waals surface area (Å²) in [6.07, 6.45) is 4.12. The molecule has 0 rings (SSSR count). The van der Waals surface area contributed by atoms with Gasteiger partial charge in [-0.3, -0.25) is 0 Å². The van der Waals surface area contributed by atoms with Crippen molar-refractivity contribution in [3.05, 3.63) is 11.6 Å². The minimum absolute atomic E-state index is 0.300. The molecule has 2 N–H and O–H groups in total. The van der Waals surface area contributed by atoms with Gasteiger partial charge in [-0.2, -0.15) is 0 Å². The van der Waals surface area contributed by atoms with Crippen LogP contribution in [0.5, 0.6) is 0 Å². The quantitative estimate of drug-likeness (QED) is 0.596. The molecular weight excluding hydrogens is 150 g/mol. The van der Waals surface area contributed by atoms with Crippen molar-refractivity contribution in [2.45, 2.75) is 39.7 Å². The van der Waals surface area contributed by atoms with Gasteiger partial charge in [-0.15, -0.1) is 0 Å². The van der Waals surface area contributed by atoms with Crippen LogP contribution in [0.25, 0.3) is 0 Å². The van der Waals surface area contributed by atoms with Crippen LogP contribution in [0, 0.1) is 0 Å². The lowest BCUT2D eigenvalue weighted by Gasteiger charge is -2.10. The van der Waals surface area contributed by atoms with Gasteiger partial charge in [0.15, 0.2) is 0 Å². The van der Waals surface area contributed by atoms with Gasteiger partial charge in [0.05, 0.1) is 0 Å². The molecule has 1 unspecified atom stereocenters. The zero-order valence-electron chi connectivity index (χ0n) is 8.43. The van der Waals surface area contributed by atoms with Gasteiger partial charge in [-0.05, 0) is 33.6 Å². The second-order valence-corrected chi connectivity index (χ2v) is 3.46. The van der Waals surface area contributed by atoms with Gasteiger partial charge in [-0.1, -0.05) is 11.6 Å². The van der Waals surface area contributed by atoms with Gasteiger partial charge in [0.1, 0.15) is 0 Å². The summed E-state index contributed by atoms with van der Waals surface area (Å²) >= 11 is 0. The Labute approximate surface area is 75.7 Å². The molecule has 2 nitrogen and oxygen atoms in total. The molecule has 0 bridgehead atoms. The Morgan fingerprint density at radius 3 is 2.67 bits per heavy atom. The van der Waals surface area contributed by atoms with E-state index < -0.39 is 0 Å². The predicted octanol–water partition coefficient (Wildman–Crippen LogP) is 1.70. The van der Waals surface area contributed by atoms with Crippen molar-refractivity contribution in [1.82, 2.24) is 5.32 Å². The highest BCUT2D eigenvalue weighted by molar-refractivity contribution is 4.94. The highest BCUT2D eigenvalue weighted by Gasteiger charge is 1.97. The van der Waals surface area contributed by atoms with E-state index in [1.54, 1.807) is 0 Å². The first kappa shape index (κ1) is 11.7. The van der Waals surface area contributed by atoms with E-state index in [-0.39, 0.29) is 0 Å². The minimum atomic E-state index is 0.300. The topological polar surface area (TPSA) is 32.3 Å². The molecule has 0 fully saturated rings. The molecule has 0 aliphatic heterocycles. The third-order valence-corrected chi connectivity index (χ3v) is 1.77. The smallest absolute Gasteiger partial charge is 0.0431 e. The number of aliphatic hydroxyl groups is 1. The van der Waals surface area contributed by atoms with Crippen LogP contribution in [-0.2, 0) is 0 Å². The lowest BCUT2D eigenvalue weighted by Crippen LogP contribution is -2.26. The molecule has 0 amide bonds. The summed E-state index contributed by atoms with van der Waals surface area (Å²) in [6.45, 7) is 7.58. The van der Waals surface area contributed by atoms with Crippen molar-refractivity contribution >= 4 is 0 Å². The van der Waals surface area contributed by atoms with Crippen molar-refractivity contribution in [2.24, 2.45) is 0 Å². The van der Waals surface area contributed by atoms with E-state index >= 15 is 0 Å². The average Bonchev–Trinajstić information content (AvgIpc) is 2.00. The maximum absolute atomic E-state index is 8.59. The van der Waals surface area contributed by atoms with Crippen molar-refractivity contribution < 1.29 is 5.11 Å². The fourth-order valence-corrected chi connectivity index (χ4v) is 0.964. The van der Waals surface area contributed by atoms with Gasteiger partial charge < -0.3 is 10.4 Å². The summed E-state index contributed by atoms with van der Waals surface area (Å²) in [5.41, 5.74) is 1.34. The molecule has 1 atom stereocenters. The summed E-state index contributed by atoms with van der Waals surface area (Å²) in [7, 11) is 0. The van der Waals surface area contributed by atoms with Crippen molar-refractivity contribution in [3.8, 4) is 0 Å². The minimum Gasteiger partial charge on any atom is -0.396 e. The molecule has 0 aliphatic carbocycles. The van der Waals surface area contributed by atoms with Gasteiger partial charge >= 0.3 is 0 Å². The molecule has 0 radical (unpaired) electrons. The standard InChI is InChI=1S/C10H21NO/c1-9(2)6-7-11-10(3)5-4-8-12/h6,10-12H,4-5,7-8H2,1-3H3. The van der Waals surface area contributed by atoms with E-state index in [0.29, 0.717) is 12.6 Å². The summed E-state index contributed by atoms with van der Waals surface area (Å²) in [5, 5.41) is 12.0. The number of rotatable bonds is 6. The first-order valence-corrected chi connectivity index (χ1v) is 4.64. The first-order valence-electron chi connectivity index (χ1n) is 4.64. The summed E-state index contributed by atoms with van der Waals surface area (Å²) < 4.78 is 0. The molecule has 0 spiro atoms. The predicted molar refractivity (Wildman–Crippen MR) is 53.2 cm³/mol. The normalized spacial score (nSPS) is 12.7. The number of hydrogen-bond acceptors (Lipinski definition) is 2. The van der Waals surface area contributed by atoms with Crippen molar-refractivity contribution in [2.75, 3.05) is 13.2 Å². The fraction of sp³-hybridized carbons (Fsp3) is 0.800. The number of allylic oxidation sites excluding steroid dienone is 1. The largest absolute Gasteiger partial charge is 0.396 e. The third kappa shape index (κ3) is 7.76. The van der Waals surface area contributed by atoms with E-state index in [4.69, 9.17) is 5.11 Å². The van der Waals surface area contributed by atoms with Crippen LogP contribution in [-0.4, -0.2) is 24.3 Å². The molecule has 0 saturated heterocycles. The monoisotopic (exact) mass is 171 g/mol. The fourth-order valence-electron chi connectivity index (χ4n) is 0.964. The molecule has 0 aromatic carbocycles. The molecule has 0 aromatic heterocycles. The van der Waals surface area contributed by atoms with Gasteiger partial charge in [0, 0.05) is 19.2 Å². The number of aliphatic hydroxyl groups excluding tert-OH is 1. The van der Waals surface area contributed by atoms with Crippen molar-refractivity contribution in [3.63, 3.8) is 0 Å². The zero-order chi connectivity index (χ0) is 9.40. The Kier molecular flexibility index (Phi) is 7.11. The molecule has 72 valence electrons. The average molecular weight is 171 g/mol. The first-order chi connectivity index (χ1) is 5.66. The van der Waals surface area contributed by atoms with Crippen LogP contribution in [0.1, 0.15) is 33.6 Å². The van der Waals surface area contributed by atoms with E-state index in [2.05, 4.69) is 32.2 Å². The number of hydrogen-bond donors (Lipinski definition) is 2. The SMILES string of the molecule is CC(C)=CCNC(C)CCCO. The van der Waals surface area contributed by atoms with Crippen LogP contribution < -0.4 is 5.32 Å². The van der Waals surface area contributed by atoms with Gasteiger partial charge in [0.25, 0.3) is 0 Å². The lowest BCUT2D eigenvalue weighted by atomic mass is 10.2. The second kappa shape index (κ2) is 7.32. The maximum Gasteiger partial charge on any atom is 0.0431 e. The molecule has 12 heavy (non-hydrogen) atoms. The Hall–Kier alpha value is -0.340. The summed E-state index contributed by atoms with van der Waals surface area (Å²) in [4.78, 5) is 0. The van der Waals surface area contributed by atoms with Crippen LogP contribution in [0.3, 0.4) is 0 Å². The number of nitrogens with one attached hydrogen (secondary N) is 1.